The van der Waals surface area contributed by atoms with E-state index < -0.39 is 23.1 Å². The highest BCUT2D eigenvalue weighted by Gasteiger charge is 2.29. The Labute approximate surface area is 105 Å². The van der Waals surface area contributed by atoms with Crippen LogP contribution < -0.4 is 5.73 Å². The zero-order valence-corrected chi connectivity index (χ0v) is 10.7. The van der Waals surface area contributed by atoms with Crippen LogP contribution >= 0.6 is 0 Å². The fourth-order valence-electron chi connectivity index (χ4n) is 1.69. The van der Waals surface area contributed by atoms with Crippen molar-refractivity contribution >= 4 is 5.97 Å². The Morgan fingerprint density at radius 3 is 2.56 bits per heavy atom. The van der Waals surface area contributed by atoms with Crippen molar-refractivity contribution in [2.75, 3.05) is 6.61 Å². The predicted octanol–water partition coefficient (Wildman–Crippen LogP) is 2.40. The van der Waals surface area contributed by atoms with Crippen LogP contribution in [0.5, 0.6) is 0 Å². The maximum absolute atomic E-state index is 13.8. The molecule has 3 nitrogen and oxygen atoms in total. The lowest BCUT2D eigenvalue weighted by Gasteiger charge is -2.25. The zero-order valence-electron chi connectivity index (χ0n) is 10.7. The van der Waals surface area contributed by atoms with E-state index in [-0.39, 0.29) is 24.2 Å². The highest BCUT2D eigenvalue weighted by Crippen LogP contribution is 2.27. The van der Waals surface area contributed by atoms with Crippen molar-refractivity contribution in [2.45, 2.75) is 32.7 Å². The second-order valence-corrected chi connectivity index (χ2v) is 4.48. The van der Waals surface area contributed by atoms with Crippen molar-refractivity contribution in [1.29, 1.82) is 0 Å². The number of hydrogen-bond donors (Lipinski definition) is 1. The zero-order chi connectivity index (χ0) is 13.9. The highest BCUT2D eigenvalue weighted by atomic mass is 19.1. The third kappa shape index (κ3) is 3.26. The maximum Gasteiger partial charge on any atom is 0.307 e. The molecule has 0 saturated heterocycles. The quantitative estimate of drug-likeness (QED) is 0.843. The van der Waals surface area contributed by atoms with E-state index in [2.05, 4.69) is 0 Å². The molecule has 0 radical (unpaired) electrons. The Morgan fingerprint density at radius 1 is 1.39 bits per heavy atom. The normalized spacial score (nSPS) is 14.1. The van der Waals surface area contributed by atoms with Crippen molar-refractivity contribution in [3.05, 3.63) is 34.9 Å². The minimum atomic E-state index is -1.30. The molecule has 1 atom stereocenters. The summed E-state index contributed by atoms with van der Waals surface area (Å²) in [6.45, 7) is 4.82. The molecule has 2 N–H and O–H groups in total. The SMILES string of the molecule is CCOC(=O)CC(C)(N)c1cc(F)c(C)cc1F. The van der Waals surface area contributed by atoms with Gasteiger partial charge in [-0.15, -0.1) is 0 Å². The number of halogens is 2. The van der Waals surface area contributed by atoms with E-state index in [1.54, 1.807) is 6.92 Å². The van der Waals surface area contributed by atoms with Crippen LogP contribution in [0.1, 0.15) is 31.4 Å². The number of aryl methyl sites for hydroxylation is 1. The molecule has 1 unspecified atom stereocenters. The number of rotatable bonds is 4. The second kappa shape index (κ2) is 5.44. The lowest BCUT2D eigenvalue weighted by atomic mass is 9.88. The van der Waals surface area contributed by atoms with Crippen molar-refractivity contribution in [3.63, 3.8) is 0 Å². The van der Waals surface area contributed by atoms with Gasteiger partial charge < -0.3 is 10.5 Å². The molecule has 5 heteroatoms. The molecule has 0 aliphatic rings. The summed E-state index contributed by atoms with van der Waals surface area (Å²) in [6, 6.07) is 2.10. The molecule has 1 aromatic carbocycles. The minimum absolute atomic E-state index is 0.0290. The molecule has 1 aromatic rings. The van der Waals surface area contributed by atoms with Gasteiger partial charge >= 0.3 is 5.97 Å². The summed E-state index contributed by atoms with van der Waals surface area (Å²) in [5.41, 5.74) is 4.75. The first-order chi connectivity index (χ1) is 8.27. The van der Waals surface area contributed by atoms with Gasteiger partial charge in [-0.25, -0.2) is 8.78 Å². The van der Waals surface area contributed by atoms with E-state index in [0.29, 0.717) is 0 Å². The standard InChI is InChI=1S/C13H17F2NO2/c1-4-18-12(17)7-13(3,16)9-6-10(14)8(2)5-11(9)15/h5-6H,4,7,16H2,1-3H3. The molecule has 100 valence electrons. The van der Waals surface area contributed by atoms with E-state index in [0.717, 1.165) is 12.1 Å². The van der Waals surface area contributed by atoms with E-state index in [4.69, 9.17) is 10.5 Å². The van der Waals surface area contributed by atoms with E-state index >= 15 is 0 Å². The molecule has 0 saturated carbocycles. The van der Waals surface area contributed by atoms with Crippen LogP contribution in [-0.4, -0.2) is 12.6 Å². The maximum atomic E-state index is 13.8. The van der Waals surface area contributed by atoms with Crippen LogP contribution in [0.2, 0.25) is 0 Å². The lowest BCUT2D eigenvalue weighted by molar-refractivity contribution is -0.144. The Hall–Kier alpha value is -1.49. The molecule has 1 rings (SSSR count). The van der Waals surface area contributed by atoms with Crippen molar-refractivity contribution in [3.8, 4) is 0 Å². The summed E-state index contributed by atoms with van der Waals surface area (Å²) in [5, 5.41) is 0. The number of carbonyl (C=O) groups is 1. The molecule has 0 amide bonds. The van der Waals surface area contributed by atoms with Gasteiger partial charge in [-0.05, 0) is 38.5 Å². The van der Waals surface area contributed by atoms with Gasteiger partial charge in [0.2, 0.25) is 0 Å². The van der Waals surface area contributed by atoms with E-state index in [1.807, 2.05) is 0 Å². The van der Waals surface area contributed by atoms with Gasteiger partial charge in [0.1, 0.15) is 11.6 Å². The predicted molar refractivity (Wildman–Crippen MR) is 63.9 cm³/mol. The highest BCUT2D eigenvalue weighted by molar-refractivity contribution is 5.71. The summed E-state index contributed by atoms with van der Waals surface area (Å²) in [7, 11) is 0. The molecule has 0 aliphatic carbocycles. The molecule has 0 aromatic heterocycles. The van der Waals surface area contributed by atoms with E-state index in [1.165, 1.54) is 13.8 Å². The van der Waals surface area contributed by atoms with Crippen molar-refractivity contribution < 1.29 is 18.3 Å². The Kier molecular flexibility index (Phi) is 4.40. The molecule has 0 heterocycles. The van der Waals surface area contributed by atoms with Crippen LogP contribution in [0.4, 0.5) is 8.78 Å². The van der Waals surface area contributed by atoms with Crippen LogP contribution in [-0.2, 0) is 15.1 Å². The third-order valence-electron chi connectivity index (χ3n) is 2.68. The molecule has 0 spiro atoms. The van der Waals surface area contributed by atoms with E-state index in [9.17, 15) is 13.6 Å². The number of benzene rings is 1. The summed E-state index contributed by atoms with van der Waals surface area (Å²) in [6.07, 6.45) is -0.208. The van der Waals surface area contributed by atoms with Crippen LogP contribution in [0, 0.1) is 18.6 Å². The van der Waals surface area contributed by atoms with Crippen molar-refractivity contribution in [2.24, 2.45) is 5.73 Å². The molecule has 0 bridgehead atoms. The summed E-state index contributed by atoms with van der Waals surface area (Å²) in [5.74, 6) is -1.71. The largest absolute Gasteiger partial charge is 0.466 e. The third-order valence-corrected chi connectivity index (χ3v) is 2.68. The Balaban J connectivity index is 3.04. The molecule has 0 fully saturated rings. The van der Waals surface area contributed by atoms with Crippen molar-refractivity contribution in [1.82, 2.24) is 0 Å². The second-order valence-electron chi connectivity index (χ2n) is 4.48. The first kappa shape index (κ1) is 14.6. The van der Waals surface area contributed by atoms with Gasteiger partial charge in [-0.1, -0.05) is 0 Å². The fraction of sp³-hybridized carbons (Fsp3) is 0.462. The smallest absolute Gasteiger partial charge is 0.307 e. The fourth-order valence-corrected chi connectivity index (χ4v) is 1.69. The summed E-state index contributed by atoms with van der Waals surface area (Å²) >= 11 is 0. The molecule has 18 heavy (non-hydrogen) atoms. The van der Waals surface area contributed by atoms with Gasteiger partial charge in [0, 0.05) is 5.56 Å². The minimum Gasteiger partial charge on any atom is -0.466 e. The van der Waals surface area contributed by atoms with Gasteiger partial charge in [0.15, 0.2) is 0 Å². The van der Waals surface area contributed by atoms with Gasteiger partial charge in [-0.2, -0.15) is 0 Å². The summed E-state index contributed by atoms with van der Waals surface area (Å²) in [4.78, 5) is 11.4. The van der Waals surface area contributed by atoms with Crippen LogP contribution in [0.3, 0.4) is 0 Å². The van der Waals surface area contributed by atoms with Crippen LogP contribution in [0.15, 0.2) is 12.1 Å². The molecular formula is C13H17F2NO2. The number of hydrogen-bond acceptors (Lipinski definition) is 3. The Bertz CT molecular complexity index is 459. The first-order valence-electron chi connectivity index (χ1n) is 5.68. The number of nitrogens with two attached hydrogens (primary N) is 1. The summed E-state index contributed by atoms with van der Waals surface area (Å²) < 4.78 is 32.0. The van der Waals surface area contributed by atoms with Crippen LogP contribution in [0.25, 0.3) is 0 Å². The Morgan fingerprint density at radius 2 is 2.00 bits per heavy atom. The topological polar surface area (TPSA) is 52.3 Å². The molecular weight excluding hydrogens is 240 g/mol. The van der Waals surface area contributed by atoms with Gasteiger partial charge in [0.25, 0.3) is 0 Å². The average molecular weight is 257 g/mol. The monoisotopic (exact) mass is 257 g/mol. The number of esters is 1. The lowest BCUT2D eigenvalue weighted by Crippen LogP contribution is -2.37. The average Bonchev–Trinajstić information content (AvgIpc) is 2.22. The number of carbonyl (C=O) groups excluding carboxylic acids is 1. The van der Waals surface area contributed by atoms with Gasteiger partial charge in [-0.3, -0.25) is 4.79 Å². The number of ether oxygens (including phenoxy) is 1. The first-order valence-corrected chi connectivity index (χ1v) is 5.68. The van der Waals surface area contributed by atoms with Gasteiger partial charge in [0.05, 0.1) is 18.6 Å². The molecule has 0 aliphatic heterocycles.